The number of rotatable bonds is 1. The molecule has 104 valence electrons. The van der Waals surface area contributed by atoms with Crippen LogP contribution in [0, 0.1) is 0 Å². The summed E-state index contributed by atoms with van der Waals surface area (Å²) in [4.78, 5) is 5.16. The van der Waals surface area contributed by atoms with Crippen molar-refractivity contribution in [1.82, 2.24) is 9.80 Å². The van der Waals surface area contributed by atoms with E-state index < -0.39 is 0 Å². The second-order valence-corrected chi connectivity index (χ2v) is 6.19. The molecule has 3 saturated heterocycles. The van der Waals surface area contributed by atoms with Gasteiger partial charge in [-0.25, -0.2) is 0 Å². The predicted molar refractivity (Wildman–Crippen MR) is 70.6 cm³/mol. The van der Waals surface area contributed by atoms with Crippen LogP contribution in [0.2, 0.25) is 0 Å². The Hall–Kier alpha value is -0.160. The molecule has 4 unspecified atom stereocenters. The van der Waals surface area contributed by atoms with Crippen molar-refractivity contribution in [2.75, 3.05) is 32.8 Å². The van der Waals surface area contributed by atoms with Crippen LogP contribution in [-0.2, 0) is 4.74 Å². The van der Waals surface area contributed by atoms with E-state index in [1.54, 1.807) is 0 Å². The van der Waals surface area contributed by atoms with Gasteiger partial charge in [-0.1, -0.05) is 6.42 Å². The van der Waals surface area contributed by atoms with Crippen LogP contribution in [-0.4, -0.2) is 72.0 Å². The third-order valence-electron chi connectivity index (χ3n) is 4.95. The van der Waals surface area contributed by atoms with Crippen molar-refractivity contribution in [1.29, 1.82) is 0 Å². The molecule has 0 aliphatic carbocycles. The van der Waals surface area contributed by atoms with Crippen molar-refractivity contribution in [2.24, 2.45) is 0 Å². The first-order chi connectivity index (χ1) is 8.75. The minimum absolute atomic E-state index is 0.198. The second-order valence-electron chi connectivity index (χ2n) is 6.19. The number of piperidine rings is 1. The Morgan fingerprint density at radius 2 is 2.06 bits per heavy atom. The summed E-state index contributed by atoms with van der Waals surface area (Å²) in [5.74, 6) is 0. The molecule has 18 heavy (non-hydrogen) atoms. The number of hydrogen-bond donors (Lipinski definition) is 1. The van der Waals surface area contributed by atoms with E-state index in [9.17, 15) is 5.11 Å². The van der Waals surface area contributed by atoms with Gasteiger partial charge in [-0.05, 0) is 32.7 Å². The highest BCUT2D eigenvalue weighted by atomic mass is 16.5. The molecule has 4 atom stereocenters. The van der Waals surface area contributed by atoms with Gasteiger partial charge in [0, 0.05) is 31.8 Å². The molecular formula is C14H26N2O2. The fourth-order valence-corrected chi connectivity index (χ4v) is 3.87. The molecule has 0 aromatic rings. The Kier molecular flexibility index (Phi) is 3.89. The molecule has 0 aromatic heterocycles. The summed E-state index contributed by atoms with van der Waals surface area (Å²) in [5.41, 5.74) is 0. The summed E-state index contributed by atoms with van der Waals surface area (Å²) in [6.45, 7) is 7.27. The summed E-state index contributed by atoms with van der Waals surface area (Å²) < 4.78 is 5.57. The molecule has 3 aliphatic rings. The van der Waals surface area contributed by atoms with Crippen molar-refractivity contribution in [3.05, 3.63) is 0 Å². The lowest BCUT2D eigenvalue weighted by Crippen LogP contribution is -2.64. The van der Waals surface area contributed by atoms with E-state index in [1.807, 2.05) is 0 Å². The van der Waals surface area contributed by atoms with Gasteiger partial charge in [0.25, 0.3) is 0 Å². The molecule has 3 fully saturated rings. The summed E-state index contributed by atoms with van der Waals surface area (Å²) in [6, 6.07) is 1.47. The third-order valence-corrected chi connectivity index (χ3v) is 4.95. The van der Waals surface area contributed by atoms with E-state index in [1.165, 1.54) is 25.8 Å². The zero-order chi connectivity index (χ0) is 12.5. The number of aliphatic hydroxyl groups is 1. The molecular weight excluding hydrogens is 228 g/mol. The lowest BCUT2D eigenvalue weighted by molar-refractivity contribution is -0.0998. The van der Waals surface area contributed by atoms with Gasteiger partial charge in [-0.2, -0.15) is 0 Å². The van der Waals surface area contributed by atoms with Gasteiger partial charge in [0.2, 0.25) is 0 Å². The molecule has 0 bridgehead atoms. The standard InChI is InChI=1S/C14H26N2O2/c1-11-8-15-6-3-2-4-12(15)9-16(11)13-10-18-7-5-14(13)17/h11-14,17H,2-10H2,1H3. The van der Waals surface area contributed by atoms with Gasteiger partial charge in [0.15, 0.2) is 0 Å². The quantitative estimate of drug-likeness (QED) is 0.747. The number of hydrogen-bond acceptors (Lipinski definition) is 4. The predicted octanol–water partition coefficient (Wildman–Crippen LogP) is 0.695. The van der Waals surface area contributed by atoms with Crippen molar-refractivity contribution in [3.8, 4) is 0 Å². The Morgan fingerprint density at radius 1 is 1.17 bits per heavy atom. The first-order valence-corrected chi connectivity index (χ1v) is 7.51. The van der Waals surface area contributed by atoms with Gasteiger partial charge in [-0.15, -0.1) is 0 Å². The van der Waals surface area contributed by atoms with Crippen LogP contribution in [0.3, 0.4) is 0 Å². The molecule has 3 aliphatic heterocycles. The lowest BCUT2D eigenvalue weighted by atomic mass is 9.94. The monoisotopic (exact) mass is 254 g/mol. The highest BCUT2D eigenvalue weighted by molar-refractivity contribution is 4.94. The average molecular weight is 254 g/mol. The molecule has 3 heterocycles. The molecule has 0 aromatic carbocycles. The number of aliphatic hydroxyl groups excluding tert-OH is 1. The van der Waals surface area contributed by atoms with Crippen LogP contribution in [0.4, 0.5) is 0 Å². The van der Waals surface area contributed by atoms with Crippen LogP contribution in [0.1, 0.15) is 32.6 Å². The van der Waals surface area contributed by atoms with E-state index >= 15 is 0 Å². The molecule has 0 radical (unpaired) electrons. The smallest absolute Gasteiger partial charge is 0.0739 e. The molecule has 3 rings (SSSR count). The summed E-state index contributed by atoms with van der Waals surface area (Å²) in [6.07, 6.45) is 4.65. The third kappa shape index (κ3) is 2.44. The molecule has 1 N–H and O–H groups in total. The highest BCUT2D eigenvalue weighted by Gasteiger charge is 2.39. The Balaban J connectivity index is 1.67. The van der Waals surface area contributed by atoms with Crippen molar-refractivity contribution in [2.45, 2.75) is 56.8 Å². The van der Waals surface area contributed by atoms with Crippen LogP contribution in [0.15, 0.2) is 0 Å². The Bertz CT molecular complexity index is 287. The zero-order valence-electron chi connectivity index (χ0n) is 11.4. The molecule has 0 saturated carbocycles. The minimum Gasteiger partial charge on any atom is -0.391 e. The molecule has 4 heteroatoms. The minimum atomic E-state index is -0.198. The maximum atomic E-state index is 10.2. The van der Waals surface area contributed by atoms with E-state index in [2.05, 4.69) is 16.7 Å². The Labute approximate surface area is 110 Å². The number of fused-ring (bicyclic) bond motifs is 1. The first-order valence-electron chi connectivity index (χ1n) is 7.51. The van der Waals surface area contributed by atoms with Crippen molar-refractivity contribution < 1.29 is 9.84 Å². The van der Waals surface area contributed by atoms with Crippen LogP contribution < -0.4 is 0 Å². The van der Waals surface area contributed by atoms with Crippen molar-refractivity contribution >= 4 is 0 Å². The molecule has 0 amide bonds. The molecule has 4 nitrogen and oxygen atoms in total. The van der Waals surface area contributed by atoms with Crippen LogP contribution in [0.25, 0.3) is 0 Å². The molecule has 0 spiro atoms. The fraction of sp³-hybridized carbons (Fsp3) is 1.00. The highest BCUT2D eigenvalue weighted by Crippen LogP contribution is 2.27. The zero-order valence-corrected chi connectivity index (χ0v) is 11.4. The number of piperazine rings is 1. The van der Waals surface area contributed by atoms with Crippen LogP contribution in [0.5, 0.6) is 0 Å². The topological polar surface area (TPSA) is 35.9 Å². The summed E-state index contributed by atoms with van der Waals surface area (Å²) in [5, 5.41) is 10.2. The normalized spacial score (nSPS) is 43.7. The largest absolute Gasteiger partial charge is 0.391 e. The Morgan fingerprint density at radius 3 is 2.89 bits per heavy atom. The number of ether oxygens (including phenoxy) is 1. The van der Waals surface area contributed by atoms with E-state index in [0.717, 1.165) is 26.1 Å². The fourth-order valence-electron chi connectivity index (χ4n) is 3.87. The van der Waals surface area contributed by atoms with Gasteiger partial charge in [0.05, 0.1) is 18.8 Å². The maximum absolute atomic E-state index is 10.2. The lowest BCUT2D eigenvalue weighted by Gasteiger charge is -2.51. The summed E-state index contributed by atoms with van der Waals surface area (Å²) >= 11 is 0. The first kappa shape index (κ1) is 12.9. The van der Waals surface area contributed by atoms with Gasteiger partial charge in [0.1, 0.15) is 0 Å². The van der Waals surface area contributed by atoms with Gasteiger partial charge < -0.3 is 9.84 Å². The SMILES string of the molecule is CC1CN2CCCCC2CN1C1COCCC1O. The summed E-state index contributed by atoms with van der Waals surface area (Å²) in [7, 11) is 0. The van der Waals surface area contributed by atoms with Crippen molar-refractivity contribution in [3.63, 3.8) is 0 Å². The number of nitrogens with zero attached hydrogens (tertiary/aromatic N) is 2. The van der Waals surface area contributed by atoms with E-state index in [4.69, 9.17) is 4.74 Å². The average Bonchev–Trinajstić information content (AvgIpc) is 2.39. The van der Waals surface area contributed by atoms with Gasteiger partial charge in [-0.3, -0.25) is 9.80 Å². The van der Waals surface area contributed by atoms with Gasteiger partial charge >= 0.3 is 0 Å². The maximum Gasteiger partial charge on any atom is 0.0739 e. The van der Waals surface area contributed by atoms with E-state index in [-0.39, 0.29) is 12.1 Å². The van der Waals surface area contributed by atoms with Crippen LogP contribution >= 0.6 is 0 Å². The second kappa shape index (κ2) is 5.45. The van der Waals surface area contributed by atoms with E-state index in [0.29, 0.717) is 18.7 Å².